The molecule has 0 amide bonds. The third-order valence-corrected chi connectivity index (χ3v) is 4.15. The molecule has 0 bridgehead atoms. The van der Waals surface area contributed by atoms with Gasteiger partial charge >= 0.3 is 0 Å². The molecule has 0 radical (unpaired) electrons. The Balaban J connectivity index is 0.00000280. The summed E-state index contributed by atoms with van der Waals surface area (Å²) in [5.74, 6) is 1.58. The van der Waals surface area contributed by atoms with E-state index in [4.69, 9.17) is 15.2 Å². The molecule has 0 unspecified atom stereocenters. The number of nitrogens with two attached hydrogens (primary N) is 1. The predicted molar refractivity (Wildman–Crippen MR) is 120 cm³/mol. The smallest absolute Gasteiger partial charge is 0.193 e. The average Bonchev–Trinajstić information content (AvgIpc) is 2.88. The van der Waals surface area contributed by atoms with Crippen LogP contribution in [0.25, 0.3) is 0 Å². The number of fused-ring (bicyclic) bond motifs is 1. The number of benzene rings is 2. The van der Waals surface area contributed by atoms with Crippen molar-refractivity contribution >= 4 is 35.6 Å². The molecule has 0 spiro atoms. The summed E-state index contributed by atoms with van der Waals surface area (Å²) in [5.41, 5.74) is 7.84. The van der Waals surface area contributed by atoms with E-state index in [9.17, 15) is 4.39 Å². The molecule has 3 N–H and O–H groups in total. The van der Waals surface area contributed by atoms with Gasteiger partial charge in [-0.15, -0.1) is 24.0 Å². The lowest BCUT2D eigenvalue weighted by molar-refractivity contribution is 0.297. The number of guanidine groups is 1. The van der Waals surface area contributed by atoms with Crippen molar-refractivity contribution in [1.82, 2.24) is 4.90 Å². The topological polar surface area (TPSA) is 72.1 Å². The number of nitrogens with one attached hydrogen (secondary N) is 1. The number of likely N-dealkylation sites (N-methyl/N-ethyl adjacent to an activating group) is 1. The average molecular weight is 500 g/mol. The second kappa shape index (κ2) is 11.1. The SMILES string of the molecule is CN(CCN=C(N)Nc1ccc2c(c1)OCCCO2)Cc1ccc(F)cc1.I. The number of anilines is 1. The zero-order valence-electron chi connectivity index (χ0n) is 15.9. The molecular formula is C20H26FIN4O2. The molecule has 0 atom stereocenters. The third kappa shape index (κ3) is 6.83. The van der Waals surface area contributed by atoms with E-state index in [1.54, 1.807) is 12.1 Å². The van der Waals surface area contributed by atoms with Crippen molar-refractivity contribution in [3.8, 4) is 11.5 Å². The van der Waals surface area contributed by atoms with Crippen LogP contribution < -0.4 is 20.5 Å². The van der Waals surface area contributed by atoms with Gasteiger partial charge in [-0.05, 0) is 36.9 Å². The fourth-order valence-corrected chi connectivity index (χ4v) is 2.75. The monoisotopic (exact) mass is 500 g/mol. The van der Waals surface area contributed by atoms with Gasteiger partial charge in [-0.3, -0.25) is 4.99 Å². The van der Waals surface area contributed by atoms with Crippen LogP contribution in [0.2, 0.25) is 0 Å². The molecule has 1 aliphatic heterocycles. The second-order valence-corrected chi connectivity index (χ2v) is 6.47. The molecule has 3 rings (SSSR count). The van der Waals surface area contributed by atoms with Crippen molar-refractivity contribution in [1.29, 1.82) is 0 Å². The lowest BCUT2D eigenvalue weighted by Crippen LogP contribution is -2.26. The van der Waals surface area contributed by atoms with Crippen molar-refractivity contribution in [2.45, 2.75) is 13.0 Å². The first-order chi connectivity index (χ1) is 13.1. The van der Waals surface area contributed by atoms with Crippen LogP contribution in [0.4, 0.5) is 10.1 Å². The number of ether oxygens (including phenoxy) is 2. The number of nitrogens with zero attached hydrogens (tertiary/aromatic N) is 2. The van der Waals surface area contributed by atoms with E-state index >= 15 is 0 Å². The number of hydrogen-bond donors (Lipinski definition) is 2. The quantitative estimate of drug-likeness (QED) is 0.361. The van der Waals surface area contributed by atoms with Crippen molar-refractivity contribution in [3.05, 3.63) is 53.8 Å². The number of halogens is 2. The summed E-state index contributed by atoms with van der Waals surface area (Å²) in [6.07, 6.45) is 0.868. The maximum atomic E-state index is 12.9. The molecule has 6 nitrogen and oxygen atoms in total. The Kier molecular flexibility index (Phi) is 8.78. The van der Waals surface area contributed by atoms with E-state index < -0.39 is 0 Å². The van der Waals surface area contributed by atoms with Gasteiger partial charge in [0.15, 0.2) is 17.5 Å². The largest absolute Gasteiger partial charge is 0.490 e. The molecule has 1 aliphatic rings. The van der Waals surface area contributed by atoms with Crippen LogP contribution in [0.3, 0.4) is 0 Å². The van der Waals surface area contributed by atoms with Crippen molar-refractivity contribution in [2.24, 2.45) is 10.7 Å². The molecular weight excluding hydrogens is 474 g/mol. The Bertz CT molecular complexity index is 786. The van der Waals surface area contributed by atoms with E-state index in [1.165, 1.54) is 12.1 Å². The van der Waals surface area contributed by atoms with Crippen LogP contribution in [0.15, 0.2) is 47.5 Å². The normalized spacial score (nSPS) is 13.6. The molecule has 2 aromatic carbocycles. The van der Waals surface area contributed by atoms with Gasteiger partial charge in [0.2, 0.25) is 0 Å². The Morgan fingerprint density at radius 1 is 1.14 bits per heavy atom. The summed E-state index contributed by atoms with van der Waals surface area (Å²) in [6, 6.07) is 12.1. The zero-order chi connectivity index (χ0) is 19.1. The minimum atomic E-state index is -0.223. The number of aliphatic imine (C=N–C) groups is 1. The van der Waals surface area contributed by atoms with Crippen LogP contribution in [-0.2, 0) is 6.54 Å². The first-order valence-corrected chi connectivity index (χ1v) is 9.00. The van der Waals surface area contributed by atoms with Gasteiger partial charge in [0.1, 0.15) is 5.82 Å². The standard InChI is InChI=1S/C20H25FN4O2.HI/c1-25(14-15-3-5-16(21)6-4-15)10-9-23-20(22)24-17-7-8-18-19(13-17)27-12-2-11-26-18;/h3-8,13H,2,9-12,14H2,1H3,(H3,22,23,24);1H. The Morgan fingerprint density at radius 3 is 2.61 bits per heavy atom. The van der Waals surface area contributed by atoms with E-state index in [2.05, 4.69) is 15.2 Å². The molecule has 0 saturated heterocycles. The summed E-state index contributed by atoms with van der Waals surface area (Å²) in [7, 11) is 1.99. The second-order valence-electron chi connectivity index (χ2n) is 6.47. The first kappa shape index (κ1) is 22.2. The fourth-order valence-electron chi connectivity index (χ4n) is 2.75. The van der Waals surface area contributed by atoms with Gasteiger partial charge in [0.25, 0.3) is 0 Å². The maximum absolute atomic E-state index is 12.9. The molecule has 0 aliphatic carbocycles. The van der Waals surface area contributed by atoms with E-state index in [1.807, 2.05) is 25.2 Å². The summed E-state index contributed by atoms with van der Waals surface area (Å²) < 4.78 is 24.2. The van der Waals surface area contributed by atoms with Crippen molar-refractivity contribution < 1.29 is 13.9 Å². The highest BCUT2D eigenvalue weighted by atomic mass is 127. The highest BCUT2D eigenvalue weighted by Gasteiger charge is 2.10. The van der Waals surface area contributed by atoms with Gasteiger partial charge < -0.3 is 25.4 Å². The third-order valence-electron chi connectivity index (χ3n) is 4.15. The Morgan fingerprint density at radius 2 is 1.86 bits per heavy atom. The first-order valence-electron chi connectivity index (χ1n) is 9.00. The molecule has 1 heterocycles. The fraction of sp³-hybridized carbons (Fsp3) is 0.350. The molecule has 152 valence electrons. The summed E-state index contributed by atoms with van der Waals surface area (Å²) in [4.78, 5) is 6.46. The minimum Gasteiger partial charge on any atom is -0.490 e. The van der Waals surface area contributed by atoms with Crippen LogP contribution in [0.1, 0.15) is 12.0 Å². The number of hydrogen-bond acceptors (Lipinski definition) is 4. The molecule has 28 heavy (non-hydrogen) atoms. The lowest BCUT2D eigenvalue weighted by atomic mass is 10.2. The summed E-state index contributed by atoms with van der Waals surface area (Å²) in [6.45, 7) is 3.32. The van der Waals surface area contributed by atoms with E-state index in [-0.39, 0.29) is 29.8 Å². The minimum absolute atomic E-state index is 0. The summed E-state index contributed by atoms with van der Waals surface area (Å²) in [5, 5.41) is 3.07. The molecule has 0 saturated carbocycles. The van der Waals surface area contributed by atoms with Crippen LogP contribution in [0, 0.1) is 5.82 Å². The Hall–Kier alpha value is -2.07. The molecule has 8 heteroatoms. The van der Waals surface area contributed by atoms with Gasteiger partial charge in [0.05, 0.1) is 19.8 Å². The lowest BCUT2D eigenvalue weighted by Gasteiger charge is -2.15. The van der Waals surface area contributed by atoms with Gasteiger partial charge in [0, 0.05) is 31.3 Å². The highest BCUT2D eigenvalue weighted by Crippen LogP contribution is 2.32. The predicted octanol–water partition coefficient (Wildman–Crippen LogP) is 3.46. The molecule has 0 aromatic heterocycles. The van der Waals surface area contributed by atoms with Crippen molar-refractivity contribution in [3.63, 3.8) is 0 Å². The van der Waals surface area contributed by atoms with Gasteiger partial charge in [-0.1, -0.05) is 12.1 Å². The van der Waals surface area contributed by atoms with E-state index in [0.29, 0.717) is 31.5 Å². The maximum Gasteiger partial charge on any atom is 0.193 e. The number of rotatable bonds is 6. The van der Waals surface area contributed by atoms with Crippen LogP contribution in [-0.4, -0.2) is 44.2 Å². The van der Waals surface area contributed by atoms with Crippen molar-refractivity contribution in [2.75, 3.05) is 38.7 Å². The molecule has 2 aromatic rings. The summed E-state index contributed by atoms with van der Waals surface area (Å²) >= 11 is 0. The highest BCUT2D eigenvalue weighted by molar-refractivity contribution is 14.0. The van der Waals surface area contributed by atoms with Gasteiger partial charge in [-0.2, -0.15) is 0 Å². The van der Waals surface area contributed by atoms with E-state index in [0.717, 1.165) is 36.5 Å². The van der Waals surface area contributed by atoms with Crippen LogP contribution in [0.5, 0.6) is 11.5 Å². The van der Waals surface area contributed by atoms with Gasteiger partial charge in [-0.25, -0.2) is 4.39 Å². The molecule has 0 fully saturated rings. The zero-order valence-corrected chi connectivity index (χ0v) is 18.2. The Labute approximate surface area is 181 Å². The van der Waals surface area contributed by atoms with Crippen LogP contribution >= 0.6 is 24.0 Å².